The molecule has 0 saturated carbocycles. The average molecular weight is 599 g/mol. The highest BCUT2D eigenvalue weighted by atomic mass is 79.9. The molecular weight excluding hydrogens is 565 g/mol. The molecule has 0 unspecified atom stereocenters. The lowest BCUT2D eigenvalue weighted by Crippen LogP contribution is -2.38. The number of pyridine rings is 2. The van der Waals surface area contributed by atoms with Gasteiger partial charge < -0.3 is 24.2 Å². The number of aliphatic hydroxyl groups is 1. The van der Waals surface area contributed by atoms with Crippen molar-refractivity contribution >= 4 is 26.8 Å². The van der Waals surface area contributed by atoms with Crippen molar-refractivity contribution in [2.75, 3.05) is 42.0 Å². The molecule has 7 nitrogen and oxygen atoms in total. The van der Waals surface area contributed by atoms with E-state index in [1.165, 1.54) is 21.3 Å². The van der Waals surface area contributed by atoms with Gasteiger partial charge in [-0.15, -0.1) is 0 Å². The number of ether oxygens (including phenoxy) is 3. The van der Waals surface area contributed by atoms with E-state index in [2.05, 4.69) is 20.9 Å². The second-order valence-corrected chi connectivity index (χ2v) is 10.7. The molecule has 2 aromatic heterocycles. The first-order chi connectivity index (χ1) is 18.6. The molecule has 1 N–H and O–H groups in total. The lowest BCUT2D eigenvalue weighted by Gasteiger charge is -2.39. The number of hydrogen-bond acceptors (Lipinski definition) is 7. The number of aromatic nitrogens is 2. The zero-order valence-corrected chi connectivity index (χ0v) is 24.5. The molecule has 0 spiro atoms. The van der Waals surface area contributed by atoms with Crippen molar-refractivity contribution in [2.45, 2.75) is 24.9 Å². The van der Waals surface area contributed by atoms with Gasteiger partial charge in [0.2, 0.25) is 17.6 Å². The number of methoxy groups -OCH3 is 3. The highest BCUT2D eigenvalue weighted by molar-refractivity contribution is 9.10. The van der Waals surface area contributed by atoms with Gasteiger partial charge in [0.15, 0.2) is 0 Å². The van der Waals surface area contributed by atoms with Crippen molar-refractivity contribution in [3.8, 4) is 17.6 Å². The Balaban J connectivity index is 2.11. The Hall–Kier alpha value is -3.27. The van der Waals surface area contributed by atoms with Crippen molar-refractivity contribution in [3.63, 3.8) is 0 Å². The highest BCUT2D eigenvalue weighted by Gasteiger charge is 2.44. The maximum Gasteiger partial charge on any atom is 0.217 e. The van der Waals surface area contributed by atoms with Crippen LogP contribution in [0.25, 0.3) is 10.9 Å². The number of nitrogens with zero attached hydrogens (tertiary/aromatic N) is 3. The summed E-state index contributed by atoms with van der Waals surface area (Å²) in [4.78, 5) is 11.0. The van der Waals surface area contributed by atoms with E-state index in [9.17, 15) is 5.11 Å². The number of hydrogen-bond donors (Lipinski definition) is 1. The van der Waals surface area contributed by atoms with Crippen LogP contribution in [0.4, 0.5) is 4.39 Å². The summed E-state index contributed by atoms with van der Waals surface area (Å²) in [5, 5.41) is 13.7. The topological polar surface area (TPSA) is 76.9 Å². The molecule has 2 heterocycles. The summed E-state index contributed by atoms with van der Waals surface area (Å²) in [6.07, 6.45) is 0.244. The number of rotatable bonds is 10. The van der Waals surface area contributed by atoms with Crippen molar-refractivity contribution < 1.29 is 23.7 Å². The van der Waals surface area contributed by atoms with E-state index in [4.69, 9.17) is 19.2 Å². The van der Waals surface area contributed by atoms with Gasteiger partial charge in [-0.3, -0.25) is 0 Å². The fourth-order valence-corrected chi connectivity index (χ4v) is 5.26. The molecule has 2 aromatic carbocycles. The van der Waals surface area contributed by atoms with Crippen LogP contribution in [0.15, 0.2) is 59.1 Å². The van der Waals surface area contributed by atoms with Crippen LogP contribution in [0.3, 0.4) is 0 Å². The van der Waals surface area contributed by atoms with Gasteiger partial charge in [0.1, 0.15) is 11.4 Å². The molecule has 4 aromatic rings. The Kier molecular flexibility index (Phi) is 8.73. The Bertz CT molecular complexity index is 1460. The summed E-state index contributed by atoms with van der Waals surface area (Å²) in [5.74, 6) is -0.491. The lowest BCUT2D eigenvalue weighted by molar-refractivity contribution is 0.00239. The van der Waals surface area contributed by atoms with Crippen LogP contribution < -0.4 is 14.2 Å². The first kappa shape index (κ1) is 28.7. The number of halogens is 2. The minimum absolute atomic E-state index is 0.244. The second kappa shape index (κ2) is 11.9. The minimum atomic E-state index is -1.66. The fraction of sp³-hybridized carbons (Fsp3) is 0.333. The van der Waals surface area contributed by atoms with Crippen molar-refractivity contribution in [2.24, 2.45) is 0 Å². The van der Waals surface area contributed by atoms with Crippen LogP contribution >= 0.6 is 15.9 Å². The largest absolute Gasteiger partial charge is 0.481 e. The maximum atomic E-state index is 16.0. The van der Waals surface area contributed by atoms with Crippen LogP contribution in [0, 0.1) is 12.7 Å². The standard InChI is InChI=1S/C30H33BrFN3O4/c1-18-8-7-9-22(28(18)32)27(23-15-19-14-21(31)10-11-24(19)33-29(23)39-6)30(36,12-13-35(2)3)20-16-25(37-4)34-26(17-20)38-5/h7-11,14-17,27,36H,12-13H2,1-6H3/t27-,30-/m1/s1. The van der Waals surface area contributed by atoms with Gasteiger partial charge in [0.25, 0.3) is 0 Å². The molecule has 206 valence electrons. The predicted octanol–water partition coefficient (Wildman–Crippen LogP) is 5.84. The van der Waals surface area contributed by atoms with Gasteiger partial charge >= 0.3 is 0 Å². The van der Waals surface area contributed by atoms with Crippen LogP contribution in [0.1, 0.15) is 34.6 Å². The molecule has 0 bridgehead atoms. The summed E-state index contributed by atoms with van der Waals surface area (Å²) < 4.78 is 33.6. The Morgan fingerprint density at radius 2 is 1.64 bits per heavy atom. The quantitative estimate of drug-likeness (QED) is 0.246. The van der Waals surface area contributed by atoms with E-state index in [-0.39, 0.29) is 18.2 Å². The summed E-state index contributed by atoms with van der Waals surface area (Å²) in [6, 6.07) is 16.2. The first-order valence-corrected chi connectivity index (χ1v) is 13.3. The van der Waals surface area contributed by atoms with Gasteiger partial charge in [0, 0.05) is 34.1 Å². The van der Waals surface area contributed by atoms with E-state index in [0.29, 0.717) is 40.2 Å². The summed E-state index contributed by atoms with van der Waals surface area (Å²) in [6.45, 7) is 2.21. The molecule has 4 rings (SSSR count). The van der Waals surface area contributed by atoms with Crippen LogP contribution in [0.5, 0.6) is 17.6 Å². The molecule has 0 radical (unpaired) electrons. The third-order valence-corrected chi connectivity index (χ3v) is 7.41. The zero-order chi connectivity index (χ0) is 28.3. The molecule has 0 saturated heterocycles. The number of benzene rings is 2. The zero-order valence-electron chi connectivity index (χ0n) is 23.0. The smallest absolute Gasteiger partial charge is 0.217 e. The van der Waals surface area contributed by atoms with Crippen LogP contribution in [-0.4, -0.2) is 61.9 Å². The minimum Gasteiger partial charge on any atom is -0.481 e. The van der Waals surface area contributed by atoms with Crippen LogP contribution in [0.2, 0.25) is 0 Å². The molecule has 9 heteroatoms. The molecular formula is C30H33BrFN3O4. The third kappa shape index (κ3) is 5.85. The van der Waals surface area contributed by atoms with Crippen molar-refractivity contribution in [1.29, 1.82) is 0 Å². The van der Waals surface area contributed by atoms with Crippen molar-refractivity contribution in [1.82, 2.24) is 14.9 Å². The first-order valence-electron chi connectivity index (χ1n) is 12.5. The monoisotopic (exact) mass is 597 g/mol. The third-order valence-electron chi connectivity index (χ3n) is 6.92. The molecule has 2 atom stereocenters. The van der Waals surface area contributed by atoms with Gasteiger partial charge in [0.05, 0.1) is 32.8 Å². The maximum absolute atomic E-state index is 16.0. The van der Waals surface area contributed by atoms with Gasteiger partial charge in [-0.2, -0.15) is 4.98 Å². The number of aryl methyl sites for hydroxylation is 1. The summed E-state index contributed by atoms with van der Waals surface area (Å²) in [7, 11) is 8.36. The average Bonchev–Trinajstić information content (AvgIpc) is 2.93. The van der Waals surface area contributed by atoms with E-state index < -0.39 is 17.3 Å². The summed E-state index contributed by atoms with van der Waals surface area (Å²) >= 11 is 3.54. The normalized spacial score (nSPS) is 13.8. The Morgan fingerprint density at radius 3 is 2.26 bits per heavy atom. The van der Waals surface area contributed by atoms with E-state index in [1.54, 1.807) is 37.3 Å². The SMILES string of the molecule is COc1cc([C@](O)(CCN(C)C)[C@@H](c2cc3cc(Br)ccc3nc2OC)c2cccc(C)c2F)cc(OC)n1. The second-order valence-electron chi connectivity index (χ2n) is 9.75. The molecule has 0 fully saturated rings. The van der Waals surface area contributed by atoms with Gasteiger partial charge in [-0.1, -0.05) is 34.1 Å². The highest BCUT2D eigenvalue weighted by Crippen LogP contribution is 2.49. The fourth-order valence-electron chi connectivity index (χ4n) is 4.88. The van der Waals surface area contributed by atoms with Crippen molar-refractivity contribution in [3.05, 3.63) is 87.1 Å². The molecule has 0 aliphatic carbocycles. The molecule has 39 heavy (non-hydrogen) atoms. The van der Waals surface area contributed by atoms with E-state index in [0.717, 1.165) is 9.86 Å². The molecule has 0 aliphatic rings. The summed E-state index contributed by atoms with van der Waals surface area (Å²) in [5.41, 5.74) is 0.857. The van der Waals surface area contributed by atoms with Gasteiger partial charge in [-0.25, -0.2) is 9.37 Å². The van der Waals surface area contributed by atoms with Crippen LogP contribution in [-0.2, 0) is 5.60 Å². The van der Waals surface area contributed by atoms with E-state index in [1.807, 2.05) is 43.3 Å². The number of fused-ring (bicyclic) bond motifs is 1. The Morgan fingerprint density at radius 1 is 0.949 bits per heavy atom. The van der Waals surface area contributed by atoms with Gasteiger partial charge in [-0.05, 0) is 68.4 Å². The predicted molar refractivity (Wildman–Crippen MR) is 153 cm³/mol. The lowest BCUT2D eigenvalue weighted by atomic mass is 9.71. The van der Waals surface area contributed by atoms with E-state index >= 15 is 4.39 Å². The molecule has 0 aliphatic heterocycles. The Labute approximate surface area is 236 Å². The molecule has 0 amide bonds.